The summed E-state index contributed by atoms with van der Waals surface area (Å²) in [4.78, 5) is 44.6. The van der Waals surface area contributed by atoms with Crippen molar-refractivity contribution in [1.82, 2.24) is 5.32 Å². The van der Waals surface area contributed by atoms with E-state index in [2.05, 4.69) is 10.1 Å². The minimum absolute atomic E-state index is 0.0238. The highest BCUT2D eigenvalue weighted by Gasteiger charge is 2.23. The molecule has 118 valence electrons. The smallest absolute Gasteiger partial charge is 0.308 e. The molecule has 0 unspecified atom stereocenters. The lowest BCUT2D eigenvalue weighted by Crippen LogP contribution is -2.45. The molecule has 1 aromatic carbocycles. The lowest BCUT2D eigenvalue weighted by molar-refractivity contribution is -0.384. The number of nitro benzene ring substituents is 1. The normalized spacial score (nSPS) is 11.3. The summed E-state index contributed by atoms with van der Waals surface area (Å²) < 4.78 is 4.67. The van der Waals surface area contributed by atoms with Gasteiger partial charge in [-0.3, -0.25) is 24.5 Å². The minimum Gasteiger partial charge on any atom is -0.466 e. The summed E-state index contributed by atoms with van der Waals surface area (Å²) in [6.45, 7) is 1.72. The van der Waals surface area contributed by atoms with Crippen LogP contribution in [0.15, 0.2) is 24.3 Å². The highest BCUT2D eigenvalue weighted by Crippen LogP contribution is 2.13. The van der Waals surface area contributed by atoms with Crippen molar-refractivity contribution in [2.24, 2.45) is 5.73 Å². The topological polar surface area (TPSA) is 142 Å². The van der Waals surface area contributed by atoms with Crippen LogP contribution in [0, 0.1) is 10.1 Å². The number of nitrogens with one attached hydrogen (secondary N) is 1. The Kier molecular flexibility index (Phi) is 5.99. The van der Waals surface area contributed by atoms with Crippen LogP contribution >= 0.6 is 0 Å². The van der Waals surface area contributed by atoms with E-state index < -0.39 is 35.2 Å². The van der Waals surface area contributed by atoms with Gasteiger partial charge in [0.15, 0.2) is 0 Å². The number of hydrogen-bond acceptors (Lipinski definition) is 6. The number of hydrogen-bond donors (Lipinski definition) is 2. The number of benzene rings is 1. The maximum atomic E-state index is 12.0. The van der Waals surface area contributed by atoms with Crippen LogP contribution in [0.25, 0.3) is 0 Å². The predicted molar refractivity (Wildman–Crippen MR) is 74.8 cm³/mol. The summed E-state index contributed by atoms with van der Waals surface area (Å²) in [6.07, 6.45) is -0.413. The number of ether oxygens (including phenoxy) is 1. The number of rotatable bonds is 7. The van der Waals surface area contributed by atoms with Gasteiger partial charge in [-0.15, -0.1) is 0 Å². The van der Waals surface area contributed by atoms with Crippen LogP contribution in [0.5, 0.6) is 0 Å². The monoisotopic (exact) mass is 309 g/mol. The molecule has 22 heavy (non-hydrogen) atoms. The summed E-state index contributed by atoms with van der Waals surface area (Å²) >= 11 is 0. The molecule has 0 aliphatic carbocycles. The first-order chi connectivity index (χ1) is 10.3. The van der Waals surface area contributed by atoms with Gasteiger partial charge in [0.1, 0.15) is 6.04 Å². The molecule has 2 amide bonds. The minimum atomic E-state index is -1.26. The van der Waals surface area contributed by atoms with Gasteiger partial charge in [0.05, 0.1) is 18.0 Å². The van der Waals surface area contributed by atoms with Crippen molar-refractivity contribution in [3.8, 4) is 0 Å². The van der Waals surface area contributed by atoms with Gasteiger partial charge >= 0.3 is 5.97 Å². The van der Waals surface area contributed by atoms with Gasteiger partial charge in [0, 0.05) is 17.7 Å². The molecule has 0 radical (unpaired) electrons. The summed E-state index contributed by atoms with van der Waals surface area (Å²) in [7, 11) is 0. The number of nitrogens with two attached hydrogens (primary N) is 1. The fourth-order valence-electron chi connectivity index (χ4n) is 1.61. The van der Waals surface area contributed by atoms with Crippen LogP contribution in [-0.4, -0.2) is 35.4 Å². The van der Waals surface area contributed by atoms with Gasteiger partial charge in [0.2, 0.25) is 5.91 Å². The largest absolute Gasteiger partial charge is 0.466 e. The van der Waals surface area contributed by atoms with E-state index in [4.69, 9.17) is 5.73 Å². The van der Waals surface area contributed by atoms with E-state index >= 15 is 0 Å². The molecule has 0 heterocycles. The van der Waals surface area contributed by atoms with Crippen molar-refractivity contribution in [2.75, 3.05) is 6.61 Å². The zero-order chi connectivity index (χ0) is 16.7. The van der Waals surface area contributed by atoms with E-state index in [-0.39, 0.29) is 17.9 Å². The van der Waals surface area contributed by atoms with E-state index in [1.807, 2.05) is 0 Å². The molecule has 0 aromatic heterocycles. The maximum absolute atomic E-state index is 12.0. The Morgan fingerprint density at radius 2 is 2.09 bits per heavy atom. The number of nitro groups is 1. The quantitative estimate of drug-likeness (QED) is 0.416. The van der Waals surface area contributed by atoms with E-state index in [9.17, 15) is 24.5 Å². The Balaban J connectivity index is 2.83. The predicted octanol–water partition coefficient (Wildman–Crippen LogP) is 0.132. The molecule has 0 aliphatic heterocycles. The van der Waals surface area contributed by atoms with Crippen molar-refractivity contribution in [1.29, 1.82) is 0 Å². The summed E-state index contributed by atoms with van der Waals surface area (Å²) in [5, 5.41) is 12.9. The lowest BCUT2D eigenvalue weighted by Gasteiger charge is -2.14. The zero-order valence-corrected chi connectivity index (χ0v) is 11.8. The lowest BCUT2D eigenvalue weighted by atomic mass is 10.1. The van der Waals surface area contributed by atoms with Crippen LogP contribution in [0.4, 0.5) is 5.69 Å². The molecular formula is C13H15N3O6. The van der Waals surface area contributed by atoms with E-state index in [1.54, 1.807) is 6.92 Å². The van der Waals surface area contributed by atoms with Crippen LogP contribution < -0.4 is 11.1 Å². The summed E-state index contributed by atoms with van der Waals surface area (Å²) in [5.41, 5.74) is 4.82. The number of primary amides is 1. The number of carbonyl (C=O) groups is 3. The van der Waals surface area contributed by atoms with Gasteiger partial charge < -0.3 is 15.8 Å². The van der Waals surface area contributed by atoms with Gasteiger partial charge in [-0.1, -0.05) is 6.07 Å². The third-order valence-corrected chi connectivity index (χ3v) is 2.64. The molecule has 3 N–H and O–H groups in total. The standard InChI is InChI=1S/C13H15N3O6/c1-2-22-11(17)7-10(12(14)18)15-13(19)8-4-3-5-9(6-8)16(20)21/h3-6,10H,2,7H2,1H3,(H2,14,18)(H,15,19)/t10-/m0/s1. The zero-order valence-electron chi connectivity index (χ0n) is 11.8. The third-order valence-electron chi connectivity index (χ3n) is 2.64. The molecule has 9 nitrogen and oxygen atoms in total. The molecule has 0 aliphatic rings. The molecule has 9 heteroatoms. The SMILES string of the molecule is CCOC(=O)C[C@H](NC(=O)c1cccc([N+](=O)[O-])c1)C(N)=O. The summed E-state index contributed by atoms with van der Waals surface area (Å²) in [6, 6.07) is 3.69. The molecule has 0 saturated carbocycles. The molecule has 0 fully saturated rings. The van der Waals surface area contributed by atoms with Crippen molar-refractivity contribution >= 4 is 23.5 Å². The first kappa shape index (κ1) is 17.1. The molecule has 0 saturated heterocycles. The van der Waals surface area contributed by atoms with E-state index in [1.165, 1.54) is 18.2 Å². The Morgan fingerprint density at radius 1 is 1.41 bits per heavy atom. The van der Waals surface area contributed by atoms with E-state index in [0.29, 0.717) is 0 Å². The fraction of sp³-hybridized carbons (Fsp3) is 0.308. The number of esters is 1. The highest BCUT2D eigenvalue weighted by molar-refractivity contribution is 5.98. The van der Waals surface area contributed by atoms with Crippen LogP contribution in [0.2, 0.25) is 0 Å². The Bertz CT molecular complexity index is 601. The number of non-ortho nitro benzene ring substituents is 1. The molecule has 0 bridgehead atoms. The van der Waals surface area contributed by atoms with Crippen molar-refractivity contribution in [2.45, 2.75) is 19.4 Å². The number of carbonyl (C=O) groups excluding carboxylic acids is 3. The Hall–Kier alpha value is -2.97. The average molecular weight is 309 g/mol. The Morgan fingerprint density at radius 3 is 2.64 bits per heavy atom. The highest BCUT2D eigenvalue weighted by atomic mass is 16.6. The maximum Gasteiger partial charge on any atom is 0.308 e. The van der Waals surface area contributed by atoms with Crippen LogP contribution in [0.3, 0.4) is 0 Å². The fourth-order valence-corrected chi connectivity index (χ4v) is 1.61. The number of nitrogens with zero attached hydrogens (tertiary/aromatic N) is 1. The Labute approximate surface area is 125 Å². The second-order valence-electron chi connectivity index (χ2n) is 4.24. The molecule has 1 aromatic rings. The van der Waals surface area contributed by atoms with E-state index in [0.717, 1.165) is 6.07 Å². The molecule has 1 atom stereocenters. The van der Waals surface area contributed by atoms with Crippen molar-refractivity contribution in [3.63, 3.8) is 0 Å². The number of amides is 2. The van der Waals surface area contributed by atoms with Gasteiger partial charge in [0.25, 0.3) is 11.6 Å². The third kappa shape index (κ3) is 4.85. The van der Waals surface area contributed by atoms with Gasteiger partial charge in [-0.25, -0.2) is 0 Å². The van der Waals surface area contributed by atoms with Crippen LogP contribution in [-0.2, 0) is 14.3 Å². The van der Waals surface area contributed by atoms with Crippen molar-refractivity contribution < 1.29 is 24.0 Å². The second kappa shape index (κ2) is 7.72. The molecule has 0 spiro atoms. The average Bonchev–Trinajstić information content (AvgIpc) is 2.46. The molecule has 1 rings (SSSR count). The summed E-state index contributed by atoms with van der Waals surface area (Å²) in [5.74, 6) is -2.35. The first-order valence-electron chi connectivity index (χ1n) is 6.35. The van der Waals surface area contributed by atoms with Crippen molar-refractivity contribution in [3.05, 3.63) is 39.9 Å². The molecular weight excluding hydrogens is 294 g/mol. The first-order valence-corrected chi connectivity index (χ1v) is 6.35. The second-order valence-corrected chi connectivity index (χ2v) is 4.24. The van der Waals surface area contributed by atoms with Gasteiger partial charge in [-0.05, 0) is 13.0 Å². The van der Waals surface area contributed by atoms with Gasteiger partial charge in [-0.2, -0.15) is 0 Å². The van der Waals surface area contributed by atoms with Crippen LogP contribution in [0.1, 0.15) is 23.7 Å².